The van der Waals surface area contributed by atoms with E-state index in [-0.39, 0.29) is 22.7 Å². The van der Waals surface area contributed by atoms with Gasteiger partial charge < -0.3 is 10.2 Å². The molecular formula is C27H23F2NO4S. The van der Waals surface area contributed by atoms with Crippen molar-refractivity contribution in [2.24, 2.45) is 0 Å². The van der Waals surface area contributed by atoms with Crippen LogP contribution in [0.15, 0.2) is 59.3 Å². The lowest BCUT2D eigenvalue weighted by Gasteiger charge is -2.23. The zero-order valence-corrected chi connectivity index (χ0v) is 19.4. The van der Waals surface area contributed by atoms with Crippen molar-refractivity contribution in [1.29, 1.82) is 0 Å². The van der Waals surface area contributed by atoms with Gasteiger partial charge in [0.15, 0.2) is 0 Å². The van der Waals surface area contributed by atoms with E-state index in [0.29, 0.717) is 41.5 Å². The quantitative estimate of drug-likeness (QED) is 0.430. The van der Waals surface area contributed by atoms with Gasteiger partial charge in [0.1, 0.15) is 28.4 Å². The summed E-state index contributed by atoms with van der Waals surface area (Å²) in [6.07, 6.45) is 12.5. The highest BCUT2D eigenvalue weighted by molar-refractivity contribution is 7.96. The number of benzene rings is 2. The molecule has 0 bridgehead atoms. The molecule has 3 aliphatic carbocycles. The fraction of sp³-hybridized carbons (Fsp3) is 0.185. The molecule has 0 saturated carbocycles. The molecule has 8 heteroatoms. The Balaban J connectivity index is 1.71. The van der Waals surface area contributed by atoms with Gasteiger partial charge in [-0.2, -0.15) is 0 Å². The summed E-state index contributed by atoms with van der Waals surface area (Å²) in [5.74, 6) is -1.19. The smallest absolute Gasteiger partial charge is 0.261 e. The highest BCUT2D eigenvalue weighted by Crippen LogP contribution is 2.47. The van der Waals surface area contributed by atoms with Crippen LogP contribution < -0.4 is 4.72 Å². The lowest BCUT2D eigenvalue weighted by molar-refractivity contribution is 0.392. The van der Waals surface area contributed by atoms with Gasteiger partial charge in [0.05, 0.1) is 5.69 Å². The maximum absolute atomic E-state index is 14.4. The minimum absolute atomic E-state index is 0.0843. The molecule has 0 saturated heterocycles. The molecule has 2 aromatic carbocycles. The predicted octanol–water partition coefficient (Wildman–Crippen LogP) is 6.38. The van der Waals surface area contributed by atoms with Crippen molar-refractivity contribution in [3.63, 3.8) is 0 Å². The Morgan fingerprint density at radius 3 is 2.60 bits per heavy atom. The van der Waals surface area contributed by atoms with Crippen LogP contribution in [0.2, 0.25) is 0 Å². The number of phenols is 2. The van der Waals surface area contributed by atoms with Gasteiger partial charge in [0, 0.05) is 23.1 Å². The number of alkyl halides is 1. The Kier molecular flexibility index (Phi) is 5.84. The summed E-state index contributed by atoms with van der Waals surface area (Å²) in [5.41, 5.74) is 3.18. The third-order valence-corrected chi connectivity index (χ3v) is 7.84. The number of rotatable bonds is 4. The van der Waals surface area contributed by atoms with Gasteiger partial charge in [0.25, 0.3) is 10.0 Å². The molecule has 1 atom stereocenters. The minimum Gasteiger partial charge on any atom is -0.507 e. The number of sulfonamides is 1. The first kappa shape index (κ1) is 23.1. The first-order valence-corrected chi connectivity index (χ1v) is 12.7. The highest BCUT2D eigenvalue weighted by Gasteiger charge is 2.30. The molecule has 2 aromatic rings. The second-order valence-electron chi connectivity index (χ2n) is 8.61. The third kappa shape index (κ3) is 4.18. The van der Waals surface area contributed by atoms with Crippen molar-refractivity contribution in [2.75, 3.05) is 4.72 Å². The van der Waals surface area contributed by atoms with Gasteiger partial charge in [-0.15, -0.1) is 0 Å². The van der Waals surface area contributed by atoms with E-state index in [1.807, 2.05) is 30.4 Å². The van der Waals surface area contributed by atoms with Crippen LogP contribution in [0.4, 0.5) is 14.5 Å². The Morgan fingerprint density at radius 2 is 1.77 bits per heavy atom. The number of aromatic hydroxyl groups is 2. The SMILES string of the molecule is O=S(=O)(Nc1cc(-c2c(O)ccc3c2C=CCC=C3)c(O)c2c1CCC=C2)C1=C(F)C=CC(F)C1. The molecule has 0 fully saturated rings. The van der Waals surface area contributed by atoms with E-state index in [4.69, 9.17) is 0 Å². The molecule has 5 rings (SSSR count). The van der Waals surface area contributed by atoms with Gasteiger partial charge in [-0.3, -0.25) is 4.72 Å². The predicted molar refractivity (Wildman–Crippen MR) is 135 cm³/mol. The van der Waals surface area contributed by atoms with Gasteiger partial charge >= 0.3 is 0 Å². The molecule has 1 unspecified atom stereocenters. The normalized spacial score (nSPS) is 18.9. The van der Waals surface area contributed by atoms with Crippen molar-refractivity contribution in [2.45, 2.75) is 31.9 Å². The summed E-state index contributed by atoms with van der Waals surface area (Å²) >= 11 is 0. The Hall–Kier alpha value is -3.65. The Morgan fingerprint density at radius 1 is 1.00 bits per heavy atom. The fourth-order valence-corrected chi connectivity index (χ4v) is 5.95. The number of anilines is 1. The summed E-state index contributed by atoms with van der Waals surface area (Å²) in [6.45, 7) is 0. The molecule has 0 amide bonds. The summed E-state index contributed by atoms with van der Waals surface area (Å²) in [5, 5.41) is 22.0. The number of nitrogens with one attached hydrogen (secondary N) is 1. The largest absolute Gasteiger partial charge is 0.507 e. The molecule has 35 heavy (non-hydrogen) atoms. The maximum Gasteiger partial charge on any atom is 0.261 e. The first-order chi connectivity index (χ1) is 16.8. The fourth-order valence-electron chi connectivity index (χ4n) is 4.65. The van der Waals surface area contributed by atoms with E-state index in [0.717, 1.165) is 17.7 Å². The van der Waals surface area contributed by atoms with E-state index in [1.54, 1.807) is 12.1 Å². The van der Waals surface area contributed by atoms with Crippen LogP contribution in [0.3, 0.4) is 0 Å². The lowest BCUT2D eigenvalue weighted by Crippen LogP contribution is -2.21. The minimum atomic E-state index is -4.43. The third-order valence-electron chi connectivity index (χ3n) is 6.34. The number of fused-ring (bicyclic) bond motifs is 2. The summed E-state index contributed by atoms with van der Waals surface area (Å²) < 4.78 is 56.9. The van der Waals surface area contributed by atoms with E-state index < -0.39 is 33.3 Å². The summed E-state index contributed by atoms with van der Waals surface area (Å²) in [7, 11) is -4.43. The van der Waals surface area contributed by atoms with Crippen LogP contribution in [0.5, 0.6) is 11.5 Å². The van der Waals surface area contributed by atoms with Crippen LogP contribution in [0.1, 0.15) is 41.5 Å². The molecule has 180 valence electrons. The summed E-state index contributed by atoms with van der Waals surface area (Å²) in [4.78, 5) is -0.660. The molecule has 0 aliphatic heterocycles. The summed E-state index contributed by atoms with van der Waals surface area (Å²) in [6, 6.07) is 4.73. The van der Waals surface area contributed by atoms with Crippen LogP contribution in [0.25, 0.3) is 29.4 Å². The van der Waals surface area contributed by atoms with Gasteiger partial charge in [-0.25, -0.2) is 17.2 Å². The molecule has 5 nitrogen and oxygen atoms in total. The van der Waals surface area contributed by atoms with Gasteiger partial charge in [-0.1, -0.05) is 42.5 Å². The number of hydrogen-bond donors (Lipinski definition) is 3. The second kappa shape index (κ2) is 8.85. The average molecular weight is 496 g/mol. The molecule has 3 N–H and O–H groups in total. The molecule has 0 radical (unpaired) electrons. The molecule has 0 aromatic heterocycles. The second-order valence-corrected chi connectivity index (χ2v) is 10.3. The zero-order valence-electron chi connectivity index (χ0n) is 18.6. The van der Waals surface area contributed by atoms with Crippen molar-refractivity contribution in [3.05, 3.63) is 81.6 Å². The van der Waals surface area contributed by atoms with Crippen LogP contribution >= 0.6 is 0 Å². The maximum atomic E-state index is 14.4. The van der Waals surface area contributed by atoms with E-state index in [2.05, 4.69) is 4.72 Å². The van der Waals surface area contributed by atoms with Crippen molar-refractivity contribution in [3.8, 4) is 22.6 Å². The lowest BCUT2D eigenvalue weighted by atomic mass is 9.87. The monoisotopic (exact) mass is 495 g/mol. The molecule has 0 heterocycles. The number of phenolic OH excluding ortho intramolecular Hbond substituents is 2. The molecule has 3 aliphatic rings. The van der Waals surface area contributed by atoms with Gasteiger partial charge in [-0.05, 0) is 60.2 Å². The van der Waals surface area contributed by atoms with Crippen LogP contribution in [-0.2, 0) is 16.4 Å². The van der Waals surface area contributed by atoms with Crippen LogP contribution in [-0.4, -0.2) is 24.8 Å². The molecule has 0 spiro atoms. The van der Waals surface area contributed by atoms with Gasteiger partial charge in [0.2, 0.25) is 0 Å². The van der Waals surface area contributed by atoms with E-state index in [1.165, 1.54) is 12.1 Å². The number of hydrogen-bond acceptors (Lipinski definition) is 4. The van der Waals surface area contributed by atoms with E-state index >= 15 is 0 Å². The Labute approximate surface area is 202 Å². The number of allylic oxidation sites excluding steroid dienone is 7. The van der Waals surface area contributed by atoms with E-state index in [9.17, 15) is 27.4 Å². The van der Waals surface area contributed by atoms with Crippen LogP contribution in [0, 0.1) is 0 Å². The zero-order chi connectivity index (χ0) is 24.7. The standard InChI is InChI=1S/C27H23F2NO4S/c28-17-11-12-22(29)25(14-17)35(33,34)30-23-15-21(27(32)20-9-5-4-8-19(20)23)26-18-7-3-1-2-6-16(18)10-13-24(26)31/h2-3,5-7,9-13,15,17,30-32H,1,4,8,14H2. The van der Waals surface area contributed by atoms with Crippen molar-refractivity contribution in [1.82, 2.24) is 0 Å². The molecular weight excluding hydrogens is 472 g/mol. The average Bonchev–Trinajstić information content (AvgIpc) is 3.08. The topological polar surface area (TPSA) is 86.6 Å². The first-order valence-electron chi connectivity index (χ1n) is 11.2. The number of halogens is 2. The highest BCUT2D eigenvalue weighted by atomic mass is 32.2. The van der Waals surface area contributed by atoms with Crippen molar-refractivity contribution < 1.29 is 27.4 Å². The van der Waals surface area contributed by atoms with Crippen molar-refractivity contribution >= 4 is 33.9 Å². The Bertz CT molecular complexity index is 1480.